The van der Waals surface area contributed by atoms with E-state index in [9.17, 15) is 4.79 Å². The summed E-state index contributed by atoms with van der Waals surface area (Å²) in [5.41, 5.74) is -2.02. The zero-order valence-electron chi connectivity index (χ0n) is 10.7. The zero-order valence-corrected chi connectivity index (χ0v) is 11.4. The molecule has 6 heteroatoms. The molecule has 0 heterocycles. The van der Waals surface area contributed by atoms with Gasteiger partial charge in [-0.1, -0.05) is 0 Å². The quantitative estimate of drug-likeness (QED) is 0.429. The van der Waals surface area contributed by atoms with E-state index in [0.717, 1.165) is 0 Å². The van der Waals surface area contributed by atoms with Gasteiger partial charge in [-0.25, -0.2) is 4.79 Å². The number of nitrogens with zero attached hydrogens (tertiary/aromatic N) is 3. The standard InChI is InChI=1S/C11H18ClN3O2/c1-10(2,3)14-15-11(4,8-13)6-5-7-17-9(12)16/h5-7H2,1-4H3/b15-14+. The van der Waals surface area contributed by atoms with Crippen LogP contribution in [0.4, 0.5) is 4.79 Å². The third-order valence-corrected chi connectivity index (χ3v) is 1.94. The summed E-state index contributed by atoms with van der Waals surface area (Å²) in [6.45, 7) is 7.60. The van der Waals surface area contributed by atoms with Gasteiger partial charge in [0.2, 0.25) is 0 Å². The van der Waals surface area contributed by atoms with Crippen LogP contribution in [0.3, 0.4) is 0 Å². The van der Waals surface area contributed by atoms with Gasteiger partial charge >= 0.3 is 5.43 Å². The van der Waals surface area contributed by atoms with Crippen LogP contribution in [0.5, 0.6) is 0 Å². The lowest BCUT2D eigenvalue weighted by Gasteiger charge is -2.17. The molecule has 96 valence electrons. The van der Waals surface area contributed by atoms with Gasteiger partial charge in [0.25, 0.3) is 0 Å². The molecule has 0 aliphatic carbocycles. The fraction of sp³-hybridized carbons (Fsp3) is 0.818. The fourth-order valence-electron chi connectivity index (χ4n) is 0.957. The van der Waals surface area contributed by atoms with Crippen LogP contribution in [0, 0.1) is 11.3 Å². The number of rotatable bonds is 5. The Bertz CT molecular complexity index is 331. The van der Waals surface area contributed by atoms with E-state index in [-0.39, 0.29) is 12.1 Å². The monoisotopic (exact) mass is 259 g/mol. The lowest BCUT2D eigenvalue weighted by molar-refractivity contribution is 0.169. The normalized spacial score (nSPS) is 15.3. The number of carbonyl (C=O) groups excluding carboxylic acids is 1. The number of nitriles is 1. The van der Waals surface area contributed by atoms with Gasteiger partial charge in [-0.2, -0.15) is 15.5 Å². The van der Waals surface area contributed by atoms with Crippen molar-refractivity contribution in [3.63, 3.8) is 0 Å². The predicted molar refractivity (Wildman–Crippen MR) is 65.1 cm³/mol. The van der Waals surface area contributed by atoms with E-state index in [2.05, 4.69) is 21.0 Å². The molecule has 0 radical (unpaired) electrons. The van der Waals surface area contributed by atoms with Gasteiger partial charge in [0.1, 0.15) is 0 Å². The molecule has 0 saturated heterocycles. The Kier molecular flexibility index (Phi) is 6.11. The second-order valence-electron chi connectivity index (χ2n) is 4.95. The largest absolute Gasteiger partial charge is 0.454 e. The van der Waals surface area contributed by atoms with Crippen LogP contribution in [-0.2, 0) is 4.74 Å². The molecule has 0 aromatic carbocycles. The summed E-state index contributed by atoms with van der Waals surface area (Å²) in [7, 11) is 0. The van der Waals surface area contributed by atoms with E-state index in [1.807, 2.05) is 20.8 Å². The van der Waals surface area contributed by atoms with Gasteiger partial charge in [0.05, 0.1) is 18.2 Å². The average molecular weight is 260 g/mol. The second kappa shape index (κ2) is 6.55. The maximum atomic E-state index is 10.3. The van der Waals surface area contributed by atoms with Gasteiger partial charge in [0.15, 0.2) is 5.54 Å². The predicted octanol–water partition coefficient (Wildman–Crippen LogP) is 3.67. The molecule has 0 aliphatic rings. The molecule has 5 nitrogen and oxygen atoms in total. The first-order chi connectivity index (χ1) is 7.68. The number of ether oxygens (including phenoxy) is 1. The maximum absolute atomic E-state index is 10.3. The van der Waals surface area contributed by atoms with E-state index in [4.69, 9.17) is 16.9 Å². The molecule has 17 heavy (non-hydrogen) atoms. The highest BCUT2D eigenvalue weighted by molar-refractivity contribution is 6.61. The van der Waals surface area contributed by atoms with Crippen molar-refractivity contribution in [2.24, 2.45) is 10.2 Å². The second-order valence-corrected chi connectivity index (χ2v) is 5.25. The summed E-state index contributed by atoms with van der Waals surface area (Å²) in [4.78, 5) is 10.3. The van der Waals surface area contributed by atoms with Crippen molar-refractivity contribution in [1.82, 2.24) is 0 Å². The number of azo groups is 1. The number of hydrogen-bond acceptors (Lipinski definition) is 5. The minimum Gasteiger partial charge on any atom is -0.454 e. The van der Waals surface area contributed by atoms with Gasteiger partial charge < -0.3 is 4.74 Å². The number of carbonyl (C=O) groups is 1. The summed E-state index contributed by atoms with van der Waals surface area (Å²) in [6.07, 6.45) is 0.985. The lowest BCUT2D eigenvalue weighted by Crippen LogP contribution is -2.21. The molecule has 0 saturated carbocycles. The molecule has 0 N–H and O–H groups in total. The highest BCUT2D eigenvalue weighted by Crippen LogP contribution is 2.20. The van der Waals surface area contributed by atoms with Gasteiger partial charge in [-0.15, -0.1) is 0 Å². The van der Waals surface area contributed by atoms with Crippen molar-refractivity contribution < 1.29 is 9.53 Å². The van der Waals surface area contributed by atoms with E-state index in [1.165, 1.54) is 0 Å². The zero-order chi connectivity index (χ0) is 13.5. The van der Waals surface area contributed by atoms with Crippen LogP contribution in [0.2, 0.25) is 0 Å². The molecule has 0 aromatic rings. The van der Waals surface area contributed by atoms with Crippen molar-refractivity contribution >= 4 is 17.0 Å². The minimum atomic E-state index is -0.883. The van der Waals surface area contributed by atoms with Crippen molar-refractivity contribution in [3.05, 3.63) is 0 Å². The average Bonchev–Trinajstić information content (AvgIpc) is 2.20. The van der Waals surface area contributed by atoms with Crippen LogP contribution in [0.25, 0.3) is 0 Å². The Hall–Kier alpha value is -1.15. The topological polar surface area (TPSA) is 74.8 Å². The van der Waals surface area contributed by atoms with Gasteiger partial charge in [0, 0.05) is 11.6 Å². The summed E-state index contributed by atoms with van der Waals surface area (Å²) in [5.74, 6) is 0. The highest BCUT2D eigenvalue weighted by atomic mass is 35.5. The molecule has 0 fully saturated rings. The van der Waals surface area contributed by atoms with Crippen LogP contribution < -0.4 is 0 Å². The smallest absolute Gasteiger partial charge is 0.403 e. The first-order valence-electron chi connectivity index (χ1n) is 5.36. The van der Waals surface area contributed by atoms with Crippen LogP contribution in [0.1, 0.15) is 40.5 Å². The molecule has 0 amide bonds. The van der Waals surface area contributed by atoms with Crippen LogP contribution in [-0.4, -0.2) is 23.1 Å². The minimum absolute atomic E-state index is 0.185. The highest BCUT2D eigenvalue weighted by Gasteiger charge is 2.24. The van der Waals surface area contributed by atoms with E-state index in [0.29, 0.717) is 12.8 Å². The fourth-order valence-corrected chi connectivity index (χ4v) is 1.03. The Morgan fingerprint density at radius 3 is 2.35 bits per heavy atom. The molecule has 1 atom stereocenters. The van der Waals surface area contributed by atoms with E-state index < -0.39 is 11.0 Å². The van der Waals surface area contributed by atoms with Gasteiger partial charge in [-0.05, 0) is 40.5 Å². The molecular weight excluding hydrogens is 242 g/mol. The van der Waals surface area contributed by atoms with Crippen LogP contribution >= 0.6 is 11.6 Å². The van der Waals surface area contributed by atoms with E-state index >= 15 is 0 Å². The Morgan fingerprint density at radius 1 is 1.35 bits per heavy atom. The summed E-state index contributed by atoms with van der Waals surface area (Å²) < 4.78 is 4.57. The molecule has 0 rings (SSSR count). The molecule has 0 aliphatic heterocycles. The molecule has 1 unspecified atom stereocenters. The van der Waals surface area contributed by atoms with Crippen LogP contribution in [0.15, 0.2) is 10.2 Å². The SMILES string of the molecule is CC(C)(C)/N=N/C(C)(C#N)CCCOC(=O)Cl. The lowest BCUT2D eigenvalue weighted by atomic mass is 9.99. The number of halogens is 1. The molecular formula is C11H18ClN3O2. The third kappa shape index (κ3) is 8.64. The first kappa shape index (κ1) is 15.9. The van der Waals surface area contributed by atoms with Crippen molar-refractivity contribution in [2.45, 2.75) is 51.6 Å². The maximum Gasteiger partial charge on any atom is 0.403 e. The molecule has 0 bridgehead atoms. The molecule has 0 aromatic heterocycles. The third-order valence-electron chi connectivity index (χ3n) is 1.84. The van der Waals surface area contributed by atoms with Crippen molar-refractivity contribution in [3.8, 4) is 6.07 Å². The Morgan fingerprint density at radius 2 is 1.94 bits per heavy atom. The summed E-state index contributed by atoms with van der Waals surface area (Å²) >= 11 is 5.01. The Labute approximate surface area is 107 Å². The van der Waals surface area contributed by atoms with Gasteiger partial charge in [-0.3, -0.25) is 0 Å². The Balaban J connectivity index is 4.26. The van der Waals surface area contributed by atoms with Crippen molar-refractivity contribution in [1.29, 1.82) is 5.26 Å². The first-order valence-corrected chi connectivity index (χ1v) is 5.74. The van der Waals surface area contributed by atoms with Crippen molar-refractivity contribution in [2.75, 3.05) is 6.61 Å². The number of hydrogen-bond donors (Lipinski definition) is 0. The summed E-state index contributed by atoms with van der Waals surface area (Å²) in [6, 6.07) is 2.11. The summed E-state index contributed by atoms with van der Waals surface area (Å²) in [5, 5.41) is 17.2. The molecule has 0 spiro atoms. The van der Waals surface area contributed by atoms with E-state index in [1.54, 1.807) is 6.92 Å².